The first-order chi connectivity index (χ1) is 19.1. The summed E-state index contributed by atoms with van der Waals surface area (Å²) in [6.07, 6.45) is 1.21. The number of sulfone groups is 2. The van der Waals surface area contributed by atoms with E-state index >= 15 is 0 Å². The van der Waals surface area contributed by atoms with Crippen LogP contribution in [0.1, 0.15) is 6.92 Å². The van der Waals surface area contributed by atoms with E-state index in [0.29, 0.717) is 27.3 Å². The van der Waals surface area contributed by atoms with Gasteiger partial charge in [0.25, 0.3) is 9.84 Å². The topological polar surface area (TPSA) is 147 Å². The molecule has 3 heterocycles. The number of benzene rings is 2. The van der Waals surface area contributed by atoms with Crippen LogP contribution in [0.15, 0.2) is 78.3 Å². The van der Waals surface area contributed by atoms with Gasteiger partial charge in [0.2, 0.25) is 5.89 Å². The Bertz CT molecular complexity index is 2130. The van der Waals surface area contributed by atoms with Crippen molar-refractivity contribution in [2.24, 2.45) is 0 Å². The average molecular weight is 693 g/mol. The Morgan fingerprint density at radius 1 is 1.02 bits per heavy atom. The summed E-state index contributed by atoms with van der Waals surface area (Å²) in [5, 5.41) is 4.46. The third kappa shape index (κ3) is 5.06. The summed E-state index contributed by atoms with van der Waals surface area (Å²) in [7, 11) is -9.64. The van der Waals surface area contributed by atoms with Gasteiger partial charge in [-0.15, -0.1) is 0 Å². The van der Waals surface area contributed by atoms with E-state index in [2.05, 4.69) is 31.0 Å². The molecule has 0 N–H and O–H groups in total. The average Bonchev–Trinajstić information content (AvgIpc) is 3.52. The maximum absolute atomic E-state index is 13.2. The van der Waals surface area contributed by atoms with Crippen LogP contribution < -0.4 is 5.69 Å². The number of aromatic nitrogens is 5. The van der Waals surface area contributed by atoms with Crippen molar-refractivity contribution in [3.8, 4) is 23.1 Å². The number of nitrogens with zero attached hydrogens (tertiary/aromatic N) is 5. The van der Waals surface area contributed by atoms with Gasteiger partial charge in [0, 0.05) is 4.47 Å². The molecule has 11 nitrogen and oxygen atoms in total. The highest BCUT2D eigenvalue weighted by atomic mass is 79.9. The first-order valence-electron chi connectivity index (χ1n) is 11.2. The van der Waals surface area contributed by atoms with E-state index in [9.17, 15) is 34.8 Å². The second-order valence-corrected chi connectivity index (χ2v) is 13.8. The number of hydrogen-bond acceptors (Lipinski definition) is 9. The fourth-order valence-electron chi connectivity index (χ4n) is 3.70. The molecule has 0 unspecified atom stereocenters. The molecule has 0 spiro atoms. The number of pyridine rings is 1. The fourth-order valence-corrected chi connectivity index (χ4v) is 5.98. The Labute approximate surface area is 242 Å². The first kappa shape index (κ1) is 29.0. The molecule has 0 amide bonds. The number of fused-ring (bicyclic) bond motifs is 1. The molecule has 2 aromatic carbocycles. The highest BCUT2D eigenvalue weighted by Gasteiger charge is 2.47. The summed E-state index contributed by atoms with van der Waals surface area (Å²) in [6.45, 7) is 1.38. The van der Waals surface area contributed by atoms with Crippen molar-refractivity contribution in [1.82, 2.24) is 24.3 Å². The van der Waals surface area contributed by atoms with Crippen molar-refractivity contribution in [1.29, 1.82) is 0 Å². The van der Waals surface area contributed by atoms with Gasteiger partial charge in [-0.05, 0) is 64.5 Å². The molecule has 0 saturated carbocycles. The maximum Gasteiger partial charge on any atom is 0.501 e. The van der Waals surface area contributed by atoms with Crippen molar-refractivity contribution in [3.63, 3.8) is 0 Å². The molecule has 0 radical (unpaired) electrons. The Balaban J connectivity index is 1.67. The molecular formula is C23H14BrClF3N5O6S2. The minimum Gasteiger partial charge on any atom is -0.435 e. The van der Waals surface area contributed by atoms with Crippen molar-refractivity contribution in [2.75, 3.05) is 5.75 Å². The van der Waals surface area contributed by atoms with Crippen molar-refractivity contribution in [3.05, 3.63) is 74.8 Å². The highest BCUT2D eigenvalue weighted by molar-refractivity contribution is 9.10. The van der Waals surface area contributed by atoms with Crippen molar-refractivity contribution in [2.45, 2.75) is 22.2 Å². The van der Waals surface area contributed by atoms with Gasteiger partial charge in [-0.25, -0.2) is 36.2 Å². The van der Waals surface area contributed by atoms with Crippen LogP contribution in [0.3, 0.4) is 0 Å². The SMILES string of the molecule is CCS(=O)(=O)c1ccc(-n2ncn(-c3ccc(Cl)c(Br)c3)c2=O)nc1-c1nc2cc(S(=O)(=O)C(F)(F)F)ccc2o1. The van der Waals surface area contributed by atoms with Crippen LogP contribution in [0.25, 0.3) is 34.2 Å². The van der Waals surface area contributed by atoms with E-state index in [1.807, 2.05) is 0 Å². The first-order valence-corrected chi connectivity index (χ1v) is 15.5. The molecule has 41 heavy (non-hydrogen) atoms. The summed E-state index contributed by atoms with van der Waals surface area (Å²) >= 11 is 9.30. The normalized spacial score (nSPS) is 12.7. The van der Waals surface area contributed by atoms with Crippen LogP contribution in [0.4, 0.5) is 13.2 Å². The molecule has 5 rings (SSSR count). The molecule has 18 heteroatoms. The lowest BCUT2D eigenvalue weighted by Gasteiger charge is -2.08. The zero-order chi connectivity index (χ0) is 29.9. The molecule has 0 bridgehead atoms. The van der Waals surface area contributed by atoms with Gasteiger partial charge in [0.1, 0.15) is 17.5 Å². The van der Waals surface area contributed by atoms with Crippen LogP contribution in [0.2, 0.25) is 5.02 Å². The van der Waals surface area contributed by atoms with Gasteiger partial charge in [-0.2, -0.15) is 23.0 Å². The van der Waals surface area contributed by atoms with Crippen molar-refractivity contribution < 1.29 is 34.4 Å². The molecule has 0 saturated heterocycles. The molecule has 214 valence electrons. The molecule has 3 aromatic heterocycles. The van der Waals surface area contributed by atoms with E-state index < -0.39 is 41.7 Å². The van der Waals surface area contributed by atoms with Gasteiger partial charge in [-0.3, -0.25) is 0 Å². The van der Waals surface area contributed by atoms with E-state index in [4.69, 9.17) is 16.0 Å². The van der Waals surface area contributed by atoms with Crippen LogP contribution in [0, 0.1) is 0 Å². The highest BCUT2D eigenvalue weighted by Crippen LogP contribution is 2.34. The van der Waals surface area contributed by atoms with Crippen molar-refractivity contribution >= 4 is 58.3 Å². The largest absolute Gasteiger partial charge is 0.501 e. The smallest absolute Gasteiger partial charge is 0.435 e. The zero-order valence-corrected chi connectivity index (χ0v) is 24.3. The Morgan fingerprint density at radius 2 is 1.76 bits per heavy atom. The third-order valence-electron chi connectivity index (χ3n) is 5.80. The second-order valence-electron chi connectivity index (χ2n) is 8.31. The minimum absolute atomic E-state index is 0.130. The molecule has 0 aliphatic heterocycles. The quantitative estimate of drug-likeness (QED) is 0.246. The monoisotopic (exact) mass is 691 g/mol. The predicted molar refractivity (Wildman–Crippen MR) is 144 cm³/mol. The molecular weight excluding hydrogens is 679 g/mol. The molecule has 0 aliphatic rings. The fraction of sp³-hybridized carbons (Fsp3) is 0.130. The second kappa shape index (κ2) is 10.1. The lowest BCUT2D eigenvalue weighted by atomic mass is 10.3. The van der Waals surface area contributed by atoms with E-state index in [1.165, 1.54) is 23.9 Å². The number of hydrogen-bond donors (Lipinski definition) is 0. The zero-order valence-electron chi connectivity index (χ0n) is 20.3. The Hall–Kier alpha value is -3.54. The summed E-state index contributed by atoms with van der Waals surface area (Å²) in [5.74, 6) is -0.922. The third-order valence-corrected chi connectivity index (χ3v) is 10.3. The summed E-state index contributed by atoms with van der Waals surface area (Å²) < 4.78 is 96.7. The number of halogens is 5. The molecule has 0 atom stereocenters. The Kier molecular flexibility index (Phi) is 7.12. The van der Waals surface area contributed by atoms with Gasteiger partial charge in [0.05, 0.1) is 26.3 Å². The van der Waals surface area contributed by atoms with Gasteiger partial charge in [-0.1, -0.05) is 18.5 Å². The van der Waals surface area contributed by atoms with Gasteiger partial charge in [0.15, 0.2) is 21.2 Å². The van der Waals surface area contributed by atoms with Crippen LogP contribution in [0.5, 0.6) is 0 Å². The summed E-state index contributed by atoms with van der Waals surface area (Å²) in [5.41, 5.74) is -6.62. The molecule has 0 fully saturated rings. The van der Waals surface area contributed by atoms with Gasteiger partial charge < -0.3 is 4.42 Å². The van der Waals surface area contributed by atoms with Gasteiger partial charge >= 0.3 is 11.2 Å². The van der Waals surface area contributed by atoms with E-state index in [1.54, 1.807) is 18.2 Å². The molecule has 5 aromatic rings. The minimum atomic E-state index is -5.68. The van der Waals surface area contributed by atoms with E-state index in [0.717, 1.165) is 16.8 Å². The van der Waals surface area contributed by atoms with Crippen LogP contribution in [-0.4, -0.2) is 52.4 Å². The summed E-state index contributed by atoms with van der Waals surface area (Å²) in [4.78, 5) is 20.0. The predicted octanol–water partition coefficient (Wildman–Crippen LogP) is 4.73. The molecule has 0 aliphatic carbocycles. The maximum atomic E-state index is 13.2. The van der Waals surface area contributed by atoms with Crippen LogP contribution in [-0.2, 0) is 19.7 Å². The summed E-state index contributed by atoms with van der Waals surface area (Å²) in [6, 6.07) is 9.41. The number of alkyl halides is 3. The number of oxazole rings is 1. The van der Waals surface area contributed by atoms with Crippen LogP contribution >= 0.6 is 27.5 Å². The number of rotatable bonds is 6. The lowest BCUT2D eigenvalue weighted by molar-refractivity contribution is -0.0436. The van der Waals surface area contributed by atoms with E-state index in [-0.39, 0.29) is 33.3 Å². The standard InChI is InChI=1S/C23H14BrClF3N5O6S2/c1-2-40(35,36)18-7-8-19(33-22(34)32(11-29-33)12-3-5-15(25)14(24)9-12)31-20(18)21-30-16-10-13(4-6-17(16)39-21)41(37,38)23(26,27)28/h3-11H,2H2,1H3. The lowest BCUT2D eigenvalue weighted by Crippen LogP contribution is -2.23. The Morgan fingerprint density at radius 3 is 2.41 bits per heavy atom.